The van der Waals surface area contributed by atoms with Gasteiger partial charge in [-0.1, -0.05) is 0 Å². The zero-order valence-corrected chi connectivity index (χ0v) is 13.3. The van der Waals surface area contributed by atoms with Gasteiger partial charge in [0, 0.05) is 13.6 Å². The van der Waals surface area contributed by atoms with E-state index in [0.29, 0.717) is 6.10 Å². The average Bonchev–Trinajstić information content (AvgIpc) is 3.24. The van der Waals surface area contributed by atoms with Crippen LogP contribution in [0.4, 0.5) is 5.69 Å². The van der Waals surface area contributed by atoms with Gasteiger partial charge in [0.2, 0.25) is 0 Å². The van der Waals surface area contributed by atoms with Crippen LogP contribution in [0.15, 0.2) is 17.1 Å². The Balaban J connectivity index is 2.13. The highest BCUT2D eigenvalue weighted by Crippen LogP contribution is 2.36. The van der Waals surface area contributed by atoms with Crippen molar-refractivity contribution in [2.45, 2.75) is 46.6 Å². The molecule has 0 heterocycles. The number of nitrogens with zero attached hydrogens (tertiary/aromatic N) is 2. The van der Waals surface area contributed by atoms with Crippen LogP contribution in [-0.2, 0) is 0 Å². The van der Waals surface area contributed by atoms with E-state index in [-0.39, 0.29) is 0 Å². The summed E-state index contributed by atoms with van der Waals surface area (Å²) in [5, 5.41) is 0. The first kappa shape index (κ1) is 14.9. The number of aliphatic imine (C=N–C) groups is 1. The van der Waals surface area contributed by atoms with E-state index >= 15 is 0 Å². The molecule has 1 fully saturated rings. The minimum Gasteiger partial charge on any atom is -0.490 e. The number of rotatable bonds is 6. The molecule has 20 heavy (non-hydrogen) atoms. The van der Waals surface area contributed by atoms with E-state index in [0.717, 1.165) is 35.0 Å². The molecule has 0 bridgehead atoms. The second kappa shape index (κ2) is 6.29. The van der Waals surface area contributed by atoms with Gasteiger partial charge in [0.1, 0.15) is 5.75 Å². The second-order valence-electron chi connectivity index (χ2n) is 5.88. The molecule has 3 heteroatoms. The van der Waals surface area contributed by atoms with Crippen molar-refractivity contribution in [2.75, 3.05) is 13.6 Å². The maximum atomic E-state index is 6.09. The molecule has 0 spiro atoms. The Kier molecular flexibility index (Phi) is 4.69. The number of benzene rings is 1. The molecule has 0 saturated heterocycles. The summed E-state index contributed by atoms with van der Waals surface area (Å²) in [6.07, 6.45) is 4.83. The van der Waals surface area contributed by atoms with Crippen molar-refractivity contribution in [1.29, 1.82) is 0 Å². The SMILES string of the molecule is CCN(C)C=Nc1cc(C)c(OC(C)C2CC2)cc1C. The molecular formula is C17H26N2O. The smallest absolute Gasteiger partial charge is 0.123 e. The summed E-state index contributed by atoms with van der Waals surface area (Å²) in [7, 11) is 2.03. The van der Waals surface area contributed by atoms with Crippen LogP contribution in [0.25, 0.3) is 0 Å². The quantitative estimate of drug-likeness (QED) is 0.576. The minimum atomic E-state index is 0.327. The molecule has 1 aromatic rings. The van der Waals surface area contributed by atoms with Crippen LogP contribution < -0.4 is 4.74 Å². The Bertz CT molecular complexity index is 492. The van der Waals surface area contributed by atoms with Gasteiger partial charge in [-0.2, -0.15) is 0 Å². The Morgan fingerprint density at radius 1 is 1.35 bits per heavy atom. The molecule has 1 atom stereocenters. The van der Waals surface area contributed by atoms with Crippen molar-refractivity contribution in [1.82, 2.24) is 4.90 Å². The lowest BCUT2D eigenvalue weighted by molar-refractivity contribution is 0.196. The summed E-state index contributed by atoms with van der Waals surface area (Å²) in [4.78, 5) is 6.61. The fraction of sp³-hybridized carbons (Fsp3) is 0.588. The van der Waals surface area contributed by atoms with Gasteiger partial charge in [-0.15, -0.1) is 0 Å². The van der Waals surface area contributed by atoms with Crippen LogP contribution in [0.3, 0.4) is 0 Å². The van der Waals surface area contributed by atoms with Gasteiger partial charge in [0.05, 0.1) is 18.1 Å². The van der Waals surface area contributed by atoms with Crippen molar-refractivity contribution in [3.05, 3.63) is 23.3 Å². The molecule has 0 aliphatic heterocycles. The zero-order valence-electron chi connectivity index (χ0n) is 13.3. The molecule has 0 aromatic heterocycles. The van der Waals surface area contributed by atoms with Gasteiger partial charge in [0.25, 0.3) is 0 Å². The topological polar surface area (TPSA) is 24.8 Å². The lowest BCUT2D eigenvalue weighted by Crippen LogP contribution is -2.15. The molecule has 3 nitrogen and oxygen atoms in total. The maximum absolute atomic E-state index is 6.09. The van der Waals surface area contributed by atoms with Crippen molar-refractivity contribution < 1.29 is 4.74 Å². The summed E-state index contributed by atoms with van der Waals surface area (Å²) in [5.74, 6) is 1.76. The molecule has 110 valence electrons. The van der Waals surface area contributed by atoms with Gasteiger partial charge < -0.3 is 9.64 Å². The average molecular weight is 274 g/mol. The largest absolute Gasteiger partial charge is 0.490 e. The number of hydrogen-bond acceptors (Lipinski definition) is 2. The molecule has 1 unspecified atom stereocenters. The highest BCUT2D eigenvalue weighted by molar-refractivity contribution is 5.64. The monoisotopic (exact) mass is 274 g/mol. The van der Waals surface area contributed by atoms with Crippen molar-refractivity contribution in [2.24, 2.45) is 10.9 Å². The highest BCUT2D eigenvalue weighted by atomic mass is 16.5. The molecule has 2 rings (SSSR count). The van der Waals surface area contributed by atoms with Crippen LogP contribution in [0, 0.1) is 19.8 Å². The molecule has 1 aromatic carbocycles. The van der Waals surface area contributed by atoms with Crippen LogP contribution in [0.2, 0.25) is 0 Å². The van der Waals surface area contributed by atoms with E-state index in [1.54, 1.807) is 0 Å². The lowest BCUT2D eigenvalue weighted by Gasteiger charge is -2.17. The van der Waals surface area contributed by atoms with Gasteiger partial charge >= 0.3 is 0 Å². The van der Waals surface area contributed by atoms with E-state index < -0.39 is 0 Å². The first-order valence-corrected chi connectivity index (χ1v) is 7.53. The normalized spacial score (nSPS) is 16.4. The maximum Gasteiger partial charge on any atom is 0.123 e. The van der Waals surface area contributed by atoms with E-state index in [1.807, 2.05) is 13.4 Å². The second-order valence-corrected chi connectivity index (χ2v) is 5.88. The Morgan fingerprint density at radius 2 is 2.05 bits per heavy atom. The first-order chi connectivity index (χ1) is 9.51. The number of ether oxygens (including phenoxy) is 1. The van der Waals surface area contributed by atoms with E-state index in [2.05, 4.69) is 49.7 Å². The molecule has 1 saturated carbocycles. The number of aryl methyl sites for hydroxylation is 2. The third kappa shape index (κ3) is 3.75. The van der Waals surface area contributed by atoms with E-state index in [4.69, 9.17) is 4.74 Å². The minimum absolute atomic E-state index is 0.327. The Morgan fingerprint density at radius 3 is 2.65 bits per heavy atom. The predicted molar refractivity (Wildman–Crippen MR) is 85.2 cm³/mol. The summed E-state index contributed by atoms with van der Waals surface area (Å²) >= 11 is 0. The van der Waals surface area contributed by atoms with E-state index in [1.165, 1.54) is 12.8 Å². The Labute approximate surface area is 122 Å². The van der Waals surface area contributed by atoms with Crippen molar-refractivity contribution in [3.63, 3.8) is 0 Å². The van der Waals surface area contributed by atoms with Crippen molar-refractivity contribution in [3.8, 4) is 5.75 Å². The van der Waals surface area contributed by atoms with Gasteiger partial charge in [0.15, 0.2) is 0 Å². The zero-order chi connectivity index (χ0) is 14.7. The van der Waals surface area contributed by atoms with Crippen LogP contribution >= 0.6 is 0 Å². The predicted octanol–water partition coefficient (Wildman–Crippen LogP) is 4.09. The van der Waals surface area contributed by atoms with E-state index in [9.17, 15) is 0 Å². The van der Waals surface area contributed by atoms with Crippen molar-refractivity contribution >= 4 is 12.0 Å². The fourth-order valence-electron chi connectivity index (χ4n) is 2.15. The van der Waals surface area contributed by atoms with Crippen LogP contribution in [0.5, 0.6) is 5.75 Å². The standard InChI is InChI=1S/C17H26N2O/c1-6-19(5)11-18-16-9-13(3)17(10-12(16)2)20-14(4)15-7-8-15/h9-11,14-15H,6-8H2,1-5H3. The van der Waals surface area contributed by atoms with Gasteiger partial charge in [-0.25, -0.2) is 4.99 Å². The van der Waals surface area contributed by atoms with Crippen LogP contribution in [-0.4, -0.2) is 30.9 Å². The molecule has 0 radical (unpaired) electrons. The third-order valence-corrected chi connectivity index (χ3v) is 3.98. The lowest BCUT2D eigenvalue weighted by atomic mass is 10.1. The number of hydrogen-bond donors (Lipinski definition) is 0. The summed E-state index contributed by atoms with van der Waals surface area (Å²) in [5.41, 5.74) is 3.35. The van der Waals surface area contributed by atoms with Gasteiger partial charge in [-0.05, 0) is 69.7 Å². The molecule has 1 aliphatic rings. The highest BCUT2D eigenvalue weighted by Gasteiger charge is 2.29. The van der Waals surface area contributed by atoms with Gasteiger partial charge in [-0.3, -0.25) is 0 Å². The summed E-state index contributed by atoms with van der Waals surface area (Å²) in [6.45, 7) is 9.43. The third-order valence-electron chi connectivity index (χ3n) is 3.98. The fourth-order valence-corrected chi connectivity index (χ4v) is 2.15. The molecule has 0 N–H and O–H groups in total. The summed E-state index contributed by atoms with van der Waals surface area (Å²) in [6, 6.07) is 4.23. The first-order valence-electron chi connectivity index (χ1n) is 7.53. The van der Waals surface area contributed by atoms with Crippen LogP contribution in [0.1, 0.15) is 37.8 Å². The summed E-state index contributed by atoms with van der Waals surface area (Å²) < 4.78 is 6.09. The Hall–Kier alpha value is -1.51. The molecular weight excluding hydrogens is 248 g/mol. The molecule has 0 amide bonds. The molecule has 1 aliphatic carbocycles.